The normalized spacial score (nSPS) is 11.7. The predicted molar refractivity (Wildman–Crippen MR) is 116 cm³/mol. The topological polar surface area (TPSA) is 75.6 Å². The van der Waals surface area contributed by atoms with Crippen molar-refractivity contribution in [3.8, 4) is 5.75 Å². The van der Waals surface area contributed by atoms with Gasteiger partial charge in [0.1, 0.15) is 18.4 Å². The maximum atomic E-state index is 12.2. The van der Waals surface area contributed by atoms with Crippen molar-refractivity contribution in [2.75, 3.05) is 0 Å². The molecular weight excluding hydrogens is 378 g/mol. The van der Waals surface area contributed by atoms with Gasteiger partial charge in [-0.2, -0.15) is 0 Å². The third-order valence-electron chi connectivity index (χ3n) is 4.43. The zero-order valence-electron chi connectivity index (χ0n) is 16.4. The number of aliphatic carboxylic acids is 1. The van der Waals surface area contributed by atoms with Crippen LogP contribution in [0.4, 0.5) is 0 Å². The third kappa shape index (κ3) is 6.63. The first-order valence-corrected chi connectivity index (χ1v) is 9.62. The Hall–Kier alpha value is -3.86. The molecule has 0 bridgehead atoms. The minimum Gasteiger partial charge on any atom is -0.489 e. The van der Waals surface area contributed by atoms with Gasteiger partial charge < -0.3 is 15.2 Å². The number of carbonyl (C=O) groups is 2. The standard InChI is InChI=1S/C25H23NO4/c27-24(26-23(25(28)29)17-19-8-3-1-4-9-19)15-14-20-12-7-13-22(16-20)30-18-21-10-5-2-6-11-21/h1-16,23H,17-18H2,(H,26,27)(H,28,29)/b15-14+/t23-/m1/s1. The maximum Gasteiger partial charge on any atom is 0.326 e. The summed E-state index contributed by atoms with van der Waals surface area (Å²) in [5.74, 6) is -0.847. The second kappa shape index (κ2) is 10.6. The molecule has 152 valence electrons. The molecule has 0 unspecified atom stereocenters. The van der Waals surface area contributed by atoms with E-state index in [4.69, 9.17) is 4.74 Å². The lowest BCUT2D eigenvalue weighted by atomic mass is 10.1. The fraction of sp³-hybridized carbons (Fsp3) is 0.120. The van der Waals surface area contributed by atoms with Crippen LogP contribution < -0.4 is 10.1 Å². The van der Waals surface area contributed by atoms with Gasteiger partial charge in [0.05, 0.1) is 0 Å². The van der Waals surface area contributed by atoms with E-state index >= 15 is 0 Å². The Morgan fingerprint density at radius 3 is 2.23 bits per heavy atom. The lowest BCUT2D eigenvalue weighted by Crippen LogP contribution is -2.41. The van der Waals surface area contributed by atoms with Crippen LogP contribution in [0, 0.1) is 0 Å². The summed E-state index contributed by atoms with van der Waals surface area (Å²) in [5, 5.41) is 11.9. The van der Waals surface area contributed by atoms with E-state index in [1.54, 1.807) is 6.08 Å². The number of hydrogen-bond acceptors (Lipinski definition) is 3. The highest BCUT2D eigenvalue weighted by molar-refractivity contribution is 5.94. The molecule has 2 N–H and O–H groups in total. The molecule has 5 nitrogen and oxygen atoms in total. The summed E-state index contributed by atoms with van der Waals surface area (Å²) >= 11 is 0. The van der Waals surface area contributed by atoms with Gasteiger partial charge in [0.2, 0.25) is 5.91 Å². The molecular formula is C25H23NO4. The van der Waals surface area contributed by atoms with Crippen molar-refractivity contribution in [3.05, 3.63) is 108 Å². The molecule has 0 heterocycles. The molecule has 0 fully saturated rings. The Morgan fingerprint density at radius 1 is 0.900 bits per heavy atom. The van der Waals surface area contributed by atoms with Crippen molar-refractivity contribution in [3.63, 3.8) is 0 Å². The molecule has 1 atom stereocenters. The van der Waals surface area contributed by atoms with Crippen LogP contribution in [0.15, 0.2) is 91.0 Å². The van der Waals surface area contributed by atoms with Crippen LogP contribution >= 0.6 is 0 Å². The fourth-order valence-electron chi connectivity index (χ4n) is 2.89. The molecule has 1 amide bonds. The highest BCUT2D eigenvalue weighted by Crippen LogP contribution is 2.16. The smallest absolute Gasteiger partial charge is 0.326 e. The van der Waals surface area contributed by atoms with Gasteiger partial charge in [0.25, 0.3) is 0 Å². The Kier molecular flexibility index (Phi) is 7.39. The van der Waals surface area contributed by atoms with Crippen LogP contribution in [-0.4, -0.2) is 23.0 Å². The molecule has 0 spiro atoms. The van der Waals surface area contributed by atoms with E-state index in [-0.39, 0.29) is 6.42 Å². The summed E-state index contributed by atoms with van der Waals surface area (Å²) < 4.78 is 5.79. The Morgan fingerprint density at radius 2 is 1.57 bits per heavy atom. The summed E-state index contributed by atoms with van der Waals surface area (Å²) in [6.45, 7) is 0.453. The number of rotatable bonds is 9. The van der Waals surface area contributed by atoms with E-state index in [0.29, 0.717) is 12.4 Å². The number of ether oxygens (including phenoxy) is 1. The van der Waals surface area contributed by atoms with Gasteiger partial charge in [-0.25, -0.2) is 4.79 Å². The van der Waals surface area contributed by atoms with Gasteiger partial charge in [0, 0.05) is 12.5 Å². The zero-order valence-corrected chi connectivity index (χ0v) is 16.4. The summed E-state index contributed by atoms with van der Waals surface area (Å²) in [6, 6.07) is 25.4. The van der Waals surface area contributed by atoms with Crippen LogP contribution in [0.3, 0.4) is 0 Å². The van der Waals surface area contributed by atoms with Crippen LogP contribution in [-0.2, 0) is 22.6 Å². The first-order valence-electron chi connectivity index (χ1n) is 9.62. The molecule has 0 saturated heterocycles. The zero-order chi connectivity index (χ0) is 21.2. The number of carboxylic acid groups (broad SMARTS) is 1. The average molecular weight is 401 g/mol. The van der Waals surface area contributed by atoms with Crippen molar-refractivity contribution >= 4 is 18.0 Å². The van der Waals surface area contributed by atoms with Gasteiger partial charge in [-0.1, -0.05) is 72.8 Å². The fourth-order valence-corrected chi connectivity index (χ4v) is 2.89. The monoisotopic (exact) mass is 401 g/mol. The van der Waals surface area contributed by atoms with E-state index in [0.717, 1.165) is 16.7 Å². The largest absolute Gasteiger partial charge is 0.489 e. The van der Waals surface area contributed by atoms with Crippen molar-refractivity contribution in [2.45, 2.75) is 19.1 Å². The molecule has 0 aromatic heterocycles. The molecule has 0 radical (unpaired) electrons. The van der Waals surface area contributed by atoms with Crippen molar-refractivity contribution in [1.82, 2.24) is 5.32 Å². The van der Waals surface area contributed by atoms with Crippen molar-refractivity contribution < 1.29 is 19.4 Å². The minimum atomic E-state index is -1.07. The van der Waals surface area contributed by atoms with Gasteiger partial charge >= 0.3 is 5.97 Å². The number of benzene rings is 3. The lowest BCUT2D eigenvalue weighted by molar-refractivity contribution is -0.141. The Labute approximate surface area is 175 Å². The molecule has 0 aliphatic heterocycles. The number of carboxylic acids is 1. The van der Waals surface area contributed by atoms with Gasteiger partial charge in [-0.15, -0.1) is 0 Å². The highest BCUT2D eigenvalue weighted by atomic mass is 16.5. The maximum absolute atomic E-state index is 12.2. The number of carbonyl (C=O) groups excluding carboxylic acids is 1. The molecule has 0 aliphatic rings. The Bertz CT molecular complexity index is 1000. The third-order valence-corrected chi connectivity index (χ3v) is 4.43. The average Bonchev–Trinajstić information content (AvgIpc) is 2.77. The van der Waals surface area contributed by atoms with E-state index < -0.39 is 17.9 Å². The molecule has 3 aromatic rings. The van der Waals surface area contributed by atoms with E-state index in [1.165, 1.54) is 6.08 Å². The Balaban J connectivity index is 1.57. The van der Waals surface area contributed by atoms with E-state index in [1.807, 2.05) is 84.9 Å². The quantitative estimate of drug-likeness (QED) is 0.530. The molecule has 0 saturated carbocycles. The second-order valence-corrected chi connectivity index (χ2v) is 6.77. The number of hydrogen-bond donors (Lipinski definition) is 2. The van der Waals surface area contributed by atoms with Crippen molar-refractivity contribution in [2.24, 2.45) is 0 Å². The van der Waals surface area contributed by atoms with E-state index in [2.05, 4.69) is 5.32 Å². The molecule has 5 heteroatoms. The summed E-state index contributed by atoms with van der Waals surface area (Å²) in [4.78, 5) is 23.7. The number of nitrogens with one attached hydrogen (secondary N) is 1. The van der Waals surface area contributed by atoms with Crippen LogP contribution in [0.1, 0.15) is 16.7 Å². The number of amides is 1. The molecule has 0 aliphatic carbocycles. The van der Waals surface area contributed by atoms with Crippen LogP contribution in [0.2, 0.25) is 0 Å². The summed E-state index contributed by atoms with van der Waals surface area (Å²) in [7, 11) is 0. The van der Waals surface area contributed by atoms with Gasteiger partial charge in [-0.05, 0) is 34.9 Å². The predicted octanol–water partition coefficient (Wildman–Crippen LogP) is 4.09. The molecule has 3 aromatic carbocycles. The minimum absolute atomic E-state index is 0.221. The van der Waals surface area contributed by atoms with Crippen LogP contribution in [0.5, 0.6) is 5.75 Å². The van der Waals surface area contributed by atoms with Crippen molar-refractivity contribution in [1.29, 1.82) is 0 Å². The second-order valence-electron chi connectivity index (χ2n) is 6.77. The van der Waals surface area contributed by atoms with Gasteiger partial charge in [-0.3, -0.25) is 4.79 Å². The molecule has 30 heavy (non-hydrogen) atoms. The molecule has 3 rings (SSSR count). The summed E-state index contributed by atoms with van der Waals surface area (Å²) in [6.07, 6.45) is 3.18. The van der Waals surface area contributed by atoms with Gasteiger partial charge in [0.15, 0.2) is 0 Å². The highest BCUT2D eigenvalue weighted by Gasteiger charge is 2.19. The first-order chi connectivity index (χ1) is 14.6. The van der Waals surface area contributed by atoms with Crippen LogP contribution in [0.25, 0.3) is 6.08 Å². The summed E-state index contributed by atoms with van der Waals surface area (Å²) in [5.41, 5.74) is 2.69. The first kappa shape index (κ1) is 20.9. The lowest BCUT2D eigenvalue weighted by Gasteiger charge is -2.13. The SMILES string of the molecule is O=C(/C=C/c1cccc(OCc2ccccc2)c1)N[C@H](Cc1ccccc1)C(=O)O. The van der Waals surface area contributed by atoms with E-state index in [9.17, 15) is 14.7 Å².